The second kappa shape index (κ2) is 10.3. The number of hydrogen-bond donors (Lipinski definition) is 3. The summed E-state index contributed by atoms with van der Waals surface area (Å²) in [5, 5.41) is 2.73. The Morgan fingerprint density at radius 3 is 2.46 bits per heavy atom. The minimum atomic E-state index is -0.966. The molecule has 0 spiro atoms. The minimum absolute atomic E-state index is 0.191. The number of ether oxygens (including phenoxy) is 2. The van der Waals surface area contributed by atoms with E-state index in [0.29, 0.717) is 28.7 Å². The highest BCUT2D eigenvalue weighted by atomic mass is 35.5. The van der Waals surface area contributed by atoms with E-state index < -0.39 is 17.7 Å². The average molecular weight is 384 g/mol. The van der Waals surface area contributed by atoms with Gasteiger partial charge in [-0.2, -0.15) is 0 Å². The van der Waals surface area contributed by atoms with Crippen LogP contribution in [-0.2, 0) is 14.4 Å². The summed E-state index contributed by atoms with van der Waals surface area (Å²) in [6, 6.07) is 3.07. The molecule has 1 aromatic carbocycles. The van der Waals surface area contributed by atoms with E-state index in [1.807, 2.05) is 12.3 Å². The van der Waals surface area contributed by atoms with Crippen LogP contribution in [0.25, 0.3) is 6.08 Å². The summed E-state index contributed by atoms with van der Waals surface area (Å²) in [5.74, 6) is -1.58. The van der Waals surface area contributed by atoms with E-state index in [9.17, 15) is 14.4 Å². The number of halogens is 1. The van der Waals surface area contributed by atoms with Crippen LogP contribution in [-0.4, -0.2) is 37.5 Å². The van der Waals surface area contributed by atoms with Gasteiger partial charge in [0.25, 0.3) is 5.91 Å². The zero-order valence-electron chi connectivity index (χ0n) is 15.0. The Labute approximate surface area is 156 Å². The summed E-state index contributed by atoms with van der Waals surface area (Å²) in [6.07, 6.45) is 2.65. The first-order valence-corrected chi connectivity index (χ1v) is 8.25. The van der Waals surface area contributed by atoms with Crippen molar-refractivity contribution in [2.24, 2.45) is 0 Å². The first-order chi connectivity index (χ1) is 12.3. The average Bonchev–Trinajstić information content (AvgIpc) is 2.57. The fourth-order valence-corrected chi connectivity index (χ4v) is 2.16. The van der Waals surface area contributed by atoms with Crippen molar-refractivity contribution in [3.05, 3.63) is 28.8 Å². The topological polar surface area (TPSA) is 106 Å². The normalized spacial score (nSPS) is 10.5. The highest BCUT2D eigenvalue weighted by Crippen LogP contribution is 2.36. The molecule has 0 aliphatic rings. The van der Waals surface area contributed by atoms with Gasteiger partial charge in [0, 0.05) is 12.1 Å². The van der Waals surface area contributed by atoms with Gasteiger partial charge in [0.1, 0.15) is 0 Å². The van der Waals surface area contributed by atoms with E-state index in [1.54, 1.807) is 26.0 Å². The number of hydrazine groups is 1. The molecule has 0 bridgehead atoms. The van der Waals surface area contributed by atoms with Crippen LogP contribution in [0.1, 0.15) is 26.3 Å². The monoisotopic (exact) mass is 383 g/mol. The molecule has 1 rings (SSSR count). The number of amides is 3. The molecule has 0 saturated carbocycles. The van der Waals surface area contributed by atoms with E-state index in [-0.39, 0.29) is 6.04 Å². The zero-order valence-corrected chi connectivity index (χ0v) is 15.8. The Morgan fingerprint density at radius 2 is 1.88 bits per heavy atom. The Morgan fingerprint density at radius 1 is 1.19 bits per heavy atom. The molecule has 142 valence electrons. The lowest BCUT2D eigenvalue weighted by Crippen LogP contribution is -2.49. The van der Waals surface area contributed by atoms with E-state index in [1.165, 1.54) is 19.3 Å². The Hall–Kier alpha value is -2.74. The third kappa shape index (κ3) is 6.64. The molecule has 0 radical (unpaired) electrons. The molecule has 0 fully saturated rings. The number of hydrogen-bond acceptors (Lipinski definition) is 5. The van der Waals surface area contributed by atoms with Crippen molar-refractivity contribution in [2.45, 2.75) is 26.8 Å². The largest absolute Gasteiger partial charge is 0.491 e. The summed E-state index contributed by atoms with van der Waals surface area (Å²) in [7, 11) is 1.48. The van der Waals surface area contributed by atoms with Gasteiger partial charge in [0.05, 0.1) is 18.7 Å². The summed E-state index contributed by atoms with van der Waals surface area (Å²) in [4.78, 5) is 34.6. The Balaban J connectivity index is 2.71. The maximum absolute atomic E-state index is 11.8. The highest BCUT2D eigenvalue weighted by molar-refractivity contribution is 6.35. The van der Waals surface area contributed by atoms with Crippen LogP contribution in [0.4, 0.5) is 0 Å². The van der Waals surface area contributed by atoms with Gasteiger partial charge < -0.3 is 14.8 Å². The van der Waals surface area contributed by atoms with Gasteiger partial charge >= 0.3 is 11.8 Å². The molecular formula is C17H22ClN3O5. The quantitative estimate of drug-likeness (QED) is 0.391. The fraction of sp³-hybridized carbons (Fsp3) is 0.353. The summed E-state index contributed by atoms with van der Waals surface area (Å²) in [5.41, 5.74) is 4.72. The Kier molecular flexibility index (Phi) is 8.44. The first-order valence-electron chi connectivity index (χ1n) is 7.87. The molecule has 0 saturated heterocycles. The SMILES string of the molecule is CCOc1cc(/C=C/C(=O)NNC(=O)C(=O)NC(C)C)cc(Cl)c1OC. The summed E-state index contributed by atoms with van der Waals surface area (Å²) in [6.45, 7) is 5.66. The lowest BCUT2D eigenvalue weighted by Gasteiger charge is -2.11. The third-order valence-electron chi connectivity index (χ3n) is 2.89. The molecule has 0 aliphatic carbocycles. The molecule has 26 heavy (non-hydrogen) atoms. The summed E-state index contributed by atoms with van der Waals surface area (Å²) < 4.78 is 10.6. The minimum Gasteiger partial charge on any atom is -0.491 e. The number of carbonyl (C=O) groups is 3. The van der Waals surface area contributed by atoms with E-state index in [4.69, 9.17) is 21.1 Å². The number of benzene rings is 1. The van der Waals surface area contributed by atoms with Crippen molar-refractivity contribution in [3.8, 4) is 11.5 Å². The molecule has 9 heteroatoms. The molecule has 0 heterocycles. The molecule has 0 aromatic heterocycles. The number of methoxy groups -OCH3 is 1. The lowest BCUT2D eigenvalue weighted by molar-refractivity contribution is -0.140. The van der Waals surface area contributed by atoms with Crippen molar-refractivity contribution in [1.29, 1.82) is 0 Å². The fourth-order valence-electron chi connectivity index (χ4n) is 1.86. The third-order valence-corrected chi connectivity index (χ3v) is 3.17. The lowest BCUT2D eigenvalue weighted by atomic mass is 10.2. The van der Waals surface area contributed by atoms with Crippen LogP contribution in [0.2, 0.25) is 5.02 Å². The molecule has 8 nitrogen and oxygen atoms in total. The van der Waals surface area contributed by atoms with E-state index in [2.05, 4.69) is 10.7 Å². The standard InChI is InChI=1S/C17H22ClN3O5/c1-5-26-13-9-11(8-12(18)15(13)25-4)6-7-14(22)20-21-17(24)16(23)19-10(2)3/h6-10H,5H2,1-4H3,(H,19,23)(H,20,22)(H,21,24)/b7-6+. The van der Waals surface area contributed by atoms with Gasteiger partial charge in [-0.3, -0.25) is 25.2 Å². The van der Waals surface area contributed by atoms with Crippen LogP contribution in [0.5, 0.6) is 11.5 Å². The van der Waals surface area contributed by atoms with Crippen molar-refractivity contribution in [1.82, 2.24) is 16.2 Å². The predicted octanol–water partition coefficient (Wildman–Crippen LogP) is 1.43. The maximum Gasteiger partial charge on any atom is 0.327 e. The van der Waals surface area contributed by atoms with Crippen molar-refractivity contribution in [2.75, 3.05) is 13.7 Å². The van der Waals surface area contributed by atoms with Gasteiger partial charge in [0.2, 0.25) is 0 Å². The predicted molar refractivity (Wildman–Crippen MR) is 97.8 cm³/mol. The van der Waals surface area contributed by atoms with Crippen molar-refractivity contribution < 1.29 is 23.9 Å². The highest BCUT2D eigenvalue weighted by Gasteiger charge is 2.14. The van der Waals surface area contributed by atoms with Crippen LogP contribution < -0.4 is 25.6 Å². The van der Waals surface area contributed by atoms with Crippen LogP contribution in [0.3, 0.4) is 0 Å². The molecular weight excluding hydrogens is 362 g/mol. The van der Waals surface area contributed by atoms with Gasteiger partial charge in [-0.25, -0.2) is 0 Å². The van der Waals surface area contributed by atoms with Crippen LogP contribution in [0.15, 0.2) is 18.2 Å². The van der Waals surface area contributed by atoms with E-state index in [0.717, 1.165) is 0 Å². The number of rotatable bonds is 6. The molecule has 3 N–H and O–H groups in total. The molecule has 0 unspecified atom stereocenters. The van der Waals surface area contributed by atoms with Gasteiger partial charge in [-0.1, -0.05) is 11.6 Å². The van der Waals surface area contributed by atoms with E-state index >= 15 is 0 Å². The maximum atomic E-state index is 11.8. The first kappa shape index (κ1) is 21.3. The van der Waals surface area contributed by atoms with Gasteiger partial charge in [0.15, 0.2) is 11.5 Å². The second-order valence-corrected chi connectivity index (χ2v) is 5.78. The molecule has 0 aliphatic heterocycles. The zero-order chi connectivity index (χ0) is 19.7. The number of carbonyl (C=O) groups excluding carboxylic acids is 3. The van der Waals surface area contributed by atoms with Crippen molar-refractivity contribution in [3.63, 3.8) is 0 Å². The Bertz CT molecular complexity index is 704. The second-order valence-electron chi connectivity index (χ2n) is 5.37. The smallest absolute Gasteiger partial charge is 0.327 e. The molecule has 3 amide bonds. The molecule has 1 aromatic rings. The molecule has 0 atom stereocenters. The van der Waals surface area contributed by atoms with Crippen molar-refractivity contribution >= 4 is 35.4 Å². The number of nitrogens with one attached hydrogen (secondary N) is 3. The van der Waals surface area contributed by atoms with Crippen LogP contribution in [0, 0.1) is 0 Å². The van der Waals surface area contributed by atoms with Gasteiger partial charge in [-0.05, 0) is 44.5 Å². The van der Waals surface area contributed by atoms with Gasteiger partial charge in [-0.15, -0.1) is 0 Å². The van der Waals surface area contributed by atoms with Crippen LogP contribution >= 0.6 is 11.6 Å². The summed E-state index contributed by atoms with van der Waals surface area (Å²) >= 11 is 6.12.